The van der Waals surface area contributed by atoms with Gasteiger partial charge in [0.1, 0.15) is 0 Å². The van der Waals surface area contributed by atoms with Crippen molar-refractivity contribution in [1.82, 2.24) is 4.57 Å². The van der Waals surface area contributed by atoms with Crippen molar-refractivity contribution < 1.29 is 0 Å². The van der Waals surface area contributed by atoms with Gasteiger partial charge in [-0.05, 0) is 30.4 Å². The second-order valence-electron chi connectivity index (χ2n) is 8.49. The van der Waals surface area contributed by atoms with Crippen molar-refractivity contribution in [2.24, 2.45) is 11.8 Å². The van der Waals surface area contributed by atoms with E-state index < -0.39 is 0 Å². The fraction of sp³-hybridized carbons (Fsp3) is 0.833. The molecule has 0 aliphatic carbocycles. The van der Waals surface area contributed by atoms with Crippen LogP contribution in [-0.2, 0) is 6.54 Å². The zero-order valence-corrected chi connectivity index (χ0v) is 17.5. The van der Waals surface area contributed by atoms with E-state index in [-0.39, 0.29) is 0 Å². The average molecular weight is 348 g/mol. The third-order valence-corrected chi connectivity index (χ3v) is 5.64. The summed E-state index contributed by atoms with van der Waals surface area (Å²) in [6, 6.07) is 4.25. The van der Waals surface area contributed by atoms with Crippen molar-refractivity contribution in [2.45, 2.75) is 117 Å². The largest absolute Gasteiger partial charge is 0.354 e. The maximum Gasteiger partial charge on any atom is 0.0245 e. The molecule has 0 aliphatic heterocycles. The lowest BCUT2D eigenvalue weighted by atomic mass is 9.93. The number of rotatable bonds is 17. The smallest absolute Gasteiger partial charge is 0.0245 e. The molecule has 1 heteroatoms. The van der Waals surface area contributed by atoms with Crippen LogP contribution in [0.25, 0.3) is 0 Å². The minimum absolute atomic E-state index is 0.798. The van der Waals surface area contributed by atoms with Crippen LogP contribution < -0.4 is 0 Å². The molecule has 0 fully saturated rings. The summed E-state index contributed by atoms with van der Waals surface area (Å²) in [6.07, 6.45) is 24.6. The zero-order chi connectivity index (χ0) is 18.2. The van der Waals surface area contributed by atoms with Crippen molar-refractivity contribution in [3.8, 4) is 0 Å². The number of unbranched alkanes of at least 4 members (excludes halogenated alkanes) is 10. The van der Waals surface area contributed by atoms with E-state index in [1.165, 1.54) is 96.4 Å². The van der Waals surface area contributed by atoms with Crippen LogP contribution in [0, 0.1) is 11.8 Å². The number of hydrogen-bond acceptors (Lipinski definition) is 0. The third kappa shape index (κ3) is 13.2. The summed E-state index contributed by atoms with van der Waals surface area (Å²) in [6.45, 7) is 8.33. The molecule has 0 bridgehead atoms. The second kappa shape index (κ2) is 15.5. The molecule has 0 radical (unpaired) electrons. The molecule has 0 N–H and O–H groups in total. The SMILES string of the molecule is CCCCCCCCCCCCCC(C)CCC(C)Cn1cccc1. The Hall–Kier alpha value is -0.720. The van der Waals surface area contributed by atoms with E-state index in [0.29, 0.717) is 0 Å². The van der Waals surface area contributed by atoms with Crippen LogP contribution in [-0.4, -0.2) is 4.57 Å². The Balaban J connectivity index is 1.84. The van der Waals surface area contributed by atoms with Gasteiger partial charge in [0.25, 0.3) is 0 Å². The van der Waals surface area contributed by atoms with Crippen molar-refractivity contribution in [1.29, 1.82) is 0 Å². The van der Waals surface area contributed by atoms with Gasteiger partial charge in [-0.1, -0.05) is 104 Å². The molecule has 2 atom stereocenters. The highest BCUT2D eigenvalue weighted by atomic mass is 14.9. The fourth-order valence-electron chi connectivity index (χ4n) is 3.81. The normalized spacial score (nSPS) is 13.9. The van der Waals surface area contributed by atoms with E-state index in [1.54, 1.807) is 0 Å². The first-order valence-electron chi connectivity index (χ1n) is 11.3. The predicted molar refractivity (Wildman–Crippen MR) is 113 cm³/mol. The van der Waals surface area contributed by atoms with Gasteiger partial charge in [0.2, 0.25) is 0 Å². The quantitative estimate of drug-likeness (QED) is 0.250. The Morgan fingerprint density at radius 3 is 1.64 bits per heavy atom. The highest BCUT2D eigenvalue weighted by Crippen LogP contribution is 2.20. The van der Waals surface area contributed by atoms with Crippen molar-refractivity contribution in [3.63, 3.8) is 0 Å². The first-order valence-corrected chi connectivity index (χ1v) is 11.3. The predicted octanol–water partition coefficient (Wildman–Crippen LogP) is 8.24. The van der Waals surface area contributed by atoms with Crippen molar-refractivity contribution >= 4 is 0 Å². The van der Waals surface area contributed by atoms with Crippen LogP contribution in [0.5, 0.6) is 0 Å². The summed E-state index contributed by atoms with van der Waals surface area (Å²) >= 11 is 0. The van der Waals surface area contributed by atoms with E-state index >= 15 is 0 Å². The summed E-state index contributed by atoms with van der Waals surface area (Å²) in [5.41, 5.74) is 0. The van der Waals surface area contributed by atoms with Crippen LogP contribution >= 0.6 is 0 Å². The summed E-state index contributed by atoms with van der Waals surface area (Å²) < 4.78 is 2.32. The number of nitrogens with zero attached hydrogens (tertiary/aromatic N) is 1. The lowest BCUT2D eigenvalue weighted by Crippen LogP contribution is -2.07. The average Bonchev–Trinajstić information content (AvgIpc) is 3.11. The maximum absolute atomic E-state index is 2.46. The van der Waals surface area contributed by atoms with Crippen molar-refractivity contribution in [3.05, 3.63) is 24.5 Å². The van der Waals surface area contributed by atoms with Crippen molar-refractivity contribution in [2.75, 3.05) is 0 Å². The van der Waals surface area contributed by atoms with Gasteiger partial charge in [-0.25, -0.2) is 0 Å². The molecule has 0 aliphatic rings. The van der Waals surface area contributed by atoms with Gasteiger partial charge in [-0.3, -0.25) is 0 Å². The lowest BCUT2D eigenvalue weighted by molar-refractivity contribution is 0.372. The molecule has 1 nitrogen and oxygen atoms in total. The number of aromatic nitrogens is 1. The monoisotopic (exact) mass is 347 g/mol. The Kier molecular flexibility index (Phi) is 13.9. The molecule has 146 valence electrons. The summed E-state index contributed by atoms with van der Waals surface area (Å²) in [5.74, 6) is 1.71. The van der Waals surface area contributed by atoms with E-state index in [2.05, 4.69) is 49.9 Å². The maximum atomic E-state index is 2.46. The minimum Gasteiger partial charge on any atom is -0.354 e. The molecular formula is C24H45N. The third-order valence-electron chi connectivity index (χ3n) is 5.64. The molecule has 0 saturated heterocycles. The Morgan fingerprint density at radius 1 is 0.600 bits per heavy atom. The molecule has 2 unspecified atom stereocenters. The fourth-order valence-corrected chi connectivity index (χ4v) is 3.81. The van der Waals surface area contributed by atoms with Crippen LogP contribution in [0.2, 0.25) is 0 Å². The molecule has 0 amide bonds. The summed E-state index contributed by atoms with van der Waals surface area (Å²) in [5, 5.41) is 0. The van der Waals surface area contributed by atoms with E-state index in [4.69, 9.17) is 0 Å². The first kappa shape index (κ1) is 22.3. The summed E-state index contributed by atoms with van der Waals surface area (Å²) in [4.78, 5) is 0. The van der Waals surface area contributed by atoms with E-state index in [0.717, 1.165) is 11.8 Å². The van der Waals surface area contributed by atoms with Gasteiger partial charge in [0.05, 0.1) is 0 Å². The van der Waals surface area contributed by atoms with Gasteiger partial charge >= 0.3 is 0 Å². The van der Waals surface area contributed by atoms with Crippen LogP contribution in [0.4, 0.5) is 0 Å². The molecule has 0 spiro atoms. The van der Waals surface area contributed by atoms with E-state index in [1.807, 2.05) is 0 Å². The molecule has 25 heavy (non-hydrogen) atoms. The zero-order valence-electron chi connectivity index (χ0n) is 17.5. The van der Waals surface area contributed by atoms with Crippen LogP contribution in [0.3, 0.4) is 0 Å². The molecule has 1 aromatic heterocycles. The molecule has 1 rings (SSSR count). The summed E-state index contributed by atoms with van der Waals surface area (Å²) in [7, 11) is 0. The van der Waals surface area contributed by atoms with Gasteiger partial charge in [-0.2, -0.15) is 0 Å². The minimum atomic E-state index is 0.798. The lowest BCUT2D eigenvalue weighted by Gasteiger charge is -2.16. The molecule has 0 aromatic carbocycles. The van der Waals surface area contributed by atoms with Gasteiger partial charge in [0, 0.05) is 18.9 Å². The highest BCUT2D eigenvalue weighted by Gasteiger charge is 2.07. The Labute approximate surface area is 158 Å². The molecule has 0 saturated carbocycles. The molecule has 1 aromatic rings. The first-order chi connectivity index (χ1) is 12.2. The highest BCUT2D eigenvalue weighted by molar-refractivity contribution is 4.90. The van der Waals surface area contributed by atoms with Crippen LogP contribution in [0.15, 0.2) is 24.5 Å². The Bertz CT molecular complexity index is 367. The molecular weight excluding hydrogens is 302 g/mol. The standard InChI is InChI=1S/C24H45N/c1-4-5-6-7-8-9-10-11-12-13-14-17-23(2)18-19-24(3)22-25-20-15-16-21-25/h15-16,20-21,23-24H,4-14,17-19,22H2,1-3H3. The van der Waals surface area contributed by atoms with Gasteiger partial charge in [0.15, 0.2) is 0 Å². The second-order valence-corrected chi connectivity index (χ2v) is 8.49. The van der Waals surface area contributed by atoms with Gasteiger partial charge < -0.3 is 4.57 Å². The number of hydrogen-bond donors (Lipinski definition) is 0. The molecule has 1 heterocycles. The topological polar surface area (TPSA) is 4.93 Å². The van der Waals surface area contributed by atoms with Crippen LogP contribution in [0.1, 0.15) is 111 Å². The Morgan fingerprint density at radius 2 is 1.08 bits per heavy atom. The van der Waals surface area contributed by atoms with Gasteiger partial charge in [-0.15, -0.1) is 0 Å². The van der Waals surface area contributed by atoms with E-state index in [9.17, 15) is 0 Å².